The molecule has 0 radical (unpaired) electrons. The van der Waals surface area contributed by atoms with Gasteiger partial charge >= 0.3 is 0 Å². The SMILES string of the molecule is CC1(C)CCC(O)(CNC(=O)C2(N)CCOC2)CC1. The van der Waals surface area contributed by atoms with Crippen LogP contribution in [-0.2, 0) is 9.53 Å². The van der Waals surface area contributed by atoms with Crippen molar-refractivity contribution in [3.8, 4) is 0 Å². The average molecular weight is 270 g/mol. The van der Waals surface area contributed by atoms with Gasteiger partial charge in [0.1, 0.15) is 5.54 Å². The number of carbonyl (C=O) groups excluding carboxylic acids is 1. The van der Waals surface area contributed by atoms with Crippen molar-refractivity contribution in [2.75, 3.05) is 19.8 Å². The van der Waals surface area contributed by atoms with E-state index in [1.807, 2.05) is 0 Å². The van der Waals surface area contributed by atoms with Crippen LogP contribution in [0.3, 0.4) is 0 Å². The molecular formula is C14H26N2O3. The monoisotopic (exact) mass is 270 g/mol. The largest absolute Gasteiger partial charge is 0.388 e. The zero-order chi connectivity index (χ0) is 14.1. The van der Waals surface area contributed by atoms with Gasteiger partial charge in [-0.1, -0.05) is 13.8 Å². The molecule has 5 nitrogen and oxygen atoms in total. The first-order valence-electron chi connectivity index (χ1n) is 7.12. The van der Waals surface area contributed by atoms with Crippen LogP contribution in [0.2, 0.25) is 0 Å². The molecule has 0 aromatic carbocycles. The zero-order valence-corrected chi connectivity index (χ0v) is 12.0. The molecular weight excluding hydrogens is 244 g/mol. The predicted molar refractivity (Wildman–Crippen MR) is 72.6 cm³/mol. The normalized spacial score (nSPS) is 33.1. The molecule has 2 aliphatic rings. The number of ether oxygens (including phenoxy) is 1. The molecule has 1 amide bonds. The molecule has 1 atom stereocenters. The second-order valence-corrected chi connectivity index (χ2v) is 7.03. The minimum absolute atomic E-state index is 0.205. The fourth-order valence-electron chi connectivity index (χ4n) is 2.75. The van der Waals surface area contributed by atoms with Crippen molar-refractivity contribution in [2.45, 2.75) is 57.1 Å². The first-order chi connectivity index (χ1) is 8.75. The van der Waals surface area contributed by atoms with E-state index in [2.05, 4.69) is 19.2 Å². The third kappa shape index (κ3) is 3.46. The van der Waals surface area contributed by atoms with Crippen molar-refractivity contribution in [1.82, 2.24) is 5.32 Å². The lowest BCUT2D eigenvalue weighted by Gasteiger charge is -2.40. The van der Waals surface area contributed by atoms with Gasteiger partial charge in [-0.15, -0.1) is 0 Å². The van der Waals surface area contributed by atoms with E-state index in [0.29, 0.717) is 25.0 Å². The molecule has 2 fully saturated rings. The summed E-state index contributed by atoms with van der Waals surface area (Å²) in [7, 11) is 0. The molecule has 5 heteroatoms. The summed E-state index contributed by atoms with van der Waals surface area (Å²) in [5.41, 5.74) is 4.59. The predicted octanol–water partition coefficient (Wildman–Crippen LogP) is 0.552. The van der Waals surface area contributed by atoms with Crippen LogP contribution in [0.1, 0.15) is 46.0 Å². The molecule has 110 valence electrons. The summed E-state index contributed by atoms with van der Waals surface area (Å²) in [4.78, 5) is 12.1. The molecule has 19 heavy (non-hydrogen) atoms. The molecule has 0 aromatic heterocycles. The third-order valence-electron chi connectivity index (χ3n) is 4.62. The number of rotatable bonds is 3. The van der Waals surface area contributed by atoms with Gasteiger partial charge in [0.15, 0.2) is 0 Å². The van der Waals surface area contributed by atoms with E-state index in [4.69, 9.17) is 10.5 Å². The van der Waals surface area contributed by atoms with Crippen molar-refractivity contribution < 1.29 is 14.6 Å². The molecule has 1 saturated carbocycles. The van der Waals surface area contributed by atoms with Crippen LogP contribution in [0.5, 0.6) is 0 Å². The summed E-state index contributed by atoms with van der Waals surface area (Å²) in [6.45, 7) is 5.53. The summed E-state index contributed by atoms with van der Waals surface area (Å²) in [5.74, 6) is -0.205. The molecule has 1 saturated heterocycles. The number of nitrogens with one attached hydrogen (secondary N) is 1. The number of nitrogens with two attached hydrogens (primary N) is 1. The fourth-order valence-corrected chi connectivity index (χ4v) is 2.75. The van der Waals surface area contributed by atoms with Gasteiger partial charge < -0.3 is 20.9 Å². The molecule has 1 heterocycles. The highest BCUT2D eigenvalue weighted by Crippen LogP contribution is 2.39. The van der Waals surface area contributed by atoms with Crippen LogP contribution in [0.15, 0.2) is 0 Å². The lowest BCUT2D eigenvalue weighted by atomic mass is 9.71. The van der Waals surface area contributed by atoms with Gasteiger partial charge in [-0.2, -0.15) is 0 Å². The van der Waals surface area contributed by atoms with Crippen molar-refractivity contribution in [2.24, 2.45) is 11.1 Å². The van der Waals surface area contributed by atoms with Crippen LogP contribution >= 0.6 is 0 Å². The zero-order valence-electron chi connectivity index (χ0n) is 12.0. The first-order valence-corrected chi connectivity index (χ1v) is 7.12. The minimum Gasteiger partial charge on any atom is -0.388 e. The van der Waals surface area contributed by atoms with E-state index < -0.39 is 11.1 Å². The maximum atomic E-state index is 12.1. The molecule has 2 rings (SSSR count). The quantitative estimate of drug-likeness (QED) is 0.699. The molecule has 0 bridgehead atoms. The van der Waals surface area contributed by atoms with E-state index in [-0.39, 0.29) is 12.5 Å². The van der Waals surface area contributed by atoms with E-state index in [9.17, 15) is 9.90 Å². The second kappa shape index (κ2) is 5.04. The number of hydrogen-bond donors (Lipinski definition) is 3. The Labute approximate surface area is 114 Å². The highest BCUT2D eigenvalue weighted by Gasteiger charge is 2.41. The molecule has 0 spiro atoms. The number of hydrogen-bond acceptors (Lipinski definition) is 4. The Balaban J connectivity index is 1.83. The molecule has 0 aromatic rings. The van der Waals surface area contributed by atoms with Gasteiger partial charge in [0.05, 0.1) is 12.2 Å². The van der Waals surface area contributed by atoms with E-state index in [1.165, 1.54) is 0 Å². The second-order valence-electron chi connectivity index (χ2n) is 7.03. The fraction of sp³-hybridized carbons (Fsp3) is 0.929. The smallest absolute Gasteiger partial charge is 0.242 e. The van der Waals surface area contributed by atoms with Crippen LogP contribution < -0.4 is 11.1 Å². The Morgan fingerprint density at radius 1 is 1.26 bits per heavy atom. The van der Waals surface area contributed by atoms with Gasteiger partial charge in [0.25, 0.3) is 0 Å². The van der Waals surface area contributed by atoms with Gasteiger partial charge in [-0.05, 0) is 37.5 Å². The first kappa shape index (κ1) is 14.8. The van der Waals surface area contributed by atoms with Crippen molar-refractivity contribution in [1.29, 1.82) is 0 Å². The van der Waals surface area contributed by atoms with Crippen molar-refractivity contribution in [3.63, 3.8) is 0 Å². The van der Waals surface area contributed by atoms with Gasteiger partial charge in [0, 0.05) is 13.2 Å². The Bertz CT molecular complexity index is 339. The summed E-state index contributed by atoms with van der Waals surface area (Å²) in [6.07, 6.45) is 3.97. The summed E-state index contributed by atoms with van der Waals surface area (Å²) in [5, 5.41) is 13.3. The third-order valence-corrected chi connectivity index (χ3v) is 4.62. The number of carbonyl (C=O) groups is 1. The van der Waals surface area contributed by atoms with Crippen LogP contribution in [0, 0.1) is 5.41 Å². The Morgan fingerprint density at radius 3 is 2.42 bits per heavy atom. The lowest BCUT2D eigenvalue weighted by molar-refractivity contribution is -0.128. The summed E-state index contributed by atoms with van der Waals surface area (Å²) < 4.78 is 5.18. The number of aliphatic hydroxyl groups is 1. The van der Waals surface area contributed by atoms with Gasteiger partial charge in [0.2, 0.25) is 5.91 Å². The Hall–Kier alpha value is -0.650. The lowest BCUT2D eigenvalue weighted by Crippen LogP contribution is -2.57. The highest BCUT2D eigenvalue weighted by atomic mass is 16.5. The Morgan fingerprint density at radius 2 is 1.89 bits per heavy atom. The average Bonchev–Trinajstić information content (AvgIpc) is 2.79. The van der Waals surface area contributed by atoms with Gasteiger partial charge in [-0.25, -0.2) is 0 Å². The van der Waals surface area contributed by atoms with Crippen molar-refractivity contribution >= 4 is 5.91 Å². The van der Waals surface area contributed by atoms with E-state index >= 15 is 0 Å². The van der Waals surface area contributed by atoms with E-state index in [1.54, 1.807) is 0 Å². The maximum absolute atomic E-state index is 12.1. The highest BCUT2D eigenvalue weighted by molar-refractivity contribution is 5.86. The molecule has 1 aliphatic heterocycles. The molecule has 1 unspecified atom stereocenters. The van der Waals surface area contributed by atoms with Crippen molar-refractivity contribution in [3.05, 3.63) is 0 Å². The Kier molecular flexibility index (Phi) is 3.91. The van der Waals surface area contributed by atoms with Crippen LogP contribution in [0.4, 0.5) is 0 Å². The summed E-state index contributed by atoms with van der Waals surface area (Å²) >= 11 is 0. The maximum Gasteiger partial charge on any atom is 0.242 e. The number of amides is 1. The topological polar surface area (TPSA) is 84.6 Å². The van der Waals surface area contributed by atoms with E-state index in [0.717, 1.165) is 25.7 Å². The van der Waals surface area contributed by atoms with Crippen LogP contribution in [0.25, 0.3) is 0 Å². The van der Waals surface area contributed by atoms with Gasteiger partial charge in [-0.3, -0.25) is 4.79 Å². The molecule has 4 N–H and O–H groups in total. The minimum atomic E-state index is -0.912. The summed E-state index contributed by atoms with van der Waals surface area (Å²) in [6, 6.07) is 0. The molecule has 1 aliphatic carbocycles. The standard InChI is InChI=1S/C14H26N2O3/c1-12(2)3-5-13(18,6-4-12)9-16-11(17)14(15)7-8-19-10-14/h18H,3-10,15H2,1-2H3,(H,16,17). The van der Waals surface area contributed by atoms with Crippen LogP contribution in [-0.4, -0.2) is 41.9 Å².